The molecule has 0 aliphatic carbocycles. The third-order valence-corrected chi connectivity index (χ3v) is 1.61. The Morgan fingerprint density at radius 1 is 1.55 bits per heavy atom. The maximum Gasteiger partial charge on any atom is 0.242 e. The molecule has 0 rings (SSSR count). The van der Waals surface area contributed by atoms with Crippen LogP contribution in [0.4, 0.5) is 0 Å². The Kier molecular flexibility index (Phi) is 3.99. The van der Waals surface area contributed by atoms with E-state index in [1.54, 1.807) is 0 Å². The highest BCUT2D eigenvalue weighted by Crippen LogP contribution is 2.09. The predicted octanol–water partition coefficient (Wildman–Crippen LogP) is -0.359. The van der Waals surface area contributed by atoms with Crippen LogP contribution >= 0.6 is 0 Å². The molecule has 2 N–H and O–H groups in total. The Bertz CT molecular complexity index is 137. The lowest BCUT2D eigenvalue weighted by molar-refractivity contribution is -0.543. The first-order valence-corrected chi connectivity index (χ1v) is 3.43. The average molecular weight is 163 g/mol. The van der Waals surface area contributed by atoms with Crippen LogP contribution in [0, 0.1) is 16.0 Å². The van der Waals surface area contributed by atoms with Gasteiger partial charge in [-0.15, -0.1) is 0 Å². The SMILES string of the molecule is CC(O)C(C(C)CO)[N+](=O)[O-]. The molecule has 0 aliphatic rings. The monoisotopic (exact) mass is 163 g/mol. The molecule has 0 spiro atoms. The van der Waals surface area contributed by atoms with Crippen molar-refractivity contribution < 1.29 is 15.1 Å². The Morgan fingerprint density at radius 3 is 2.09 bits per heavy atom. The molecule has 66 valence electrons. The number of hydrogen-bond acceptors (Lipinski definition) is 4. The van der Waals surface area contributed by atoms with Crippen molar-refractivity contribution in [3.05, 3.63) is 10.1 Å². The molecule has 5 heteroatoms. The largest absolute Gasteiger partial charge is 0.396 e. The van der Waals surface area contributed by atoms with Gasteiger partial charge in [0.25, 0.3) is 0 Å². The molecule has 0 aromatic heterocycles. The minimum Gasteiger partial charge on any atom is -0.396 e. The molecule has 3 atom stereocenters. The van der Waals surface area contributed by atoms with E-state index in [2.05, 4.69) is 0 Å². The number of nitro groups is 1. The standard InChI is InChI=1S/C6H13NO4/c1-4(3-8)6(5(2)9)7(10)11/h4-6,8-9H,3H2,1-2H3. The van der Waals surface area contributed by atoms with Gasteiger partial charge in [0.05, 0.1) is 6.61 Å². The first kappa shape index (κ1) is 10.3. The lowest BCUT2D eigenvalue weighted by atomic mass is 9.99. The van der Waals surface area contributed by atoms with Crippen LogP contribution in [-0.2, 0) is 0 Å². The zero-order valence-electron chi connectivity index (χ0n) is 6.60. The molecule has 11 heavy (non-hydrogen) atoms. The fourth-order valence-electron chi connectivity index (χ4n) is 0.967. The van der Waals surface area contributed by atoms with Crippen LogP contribution in [-0.4, -0.2) is 33.9 Å². The van der Waals surface area contributed by atoms with Gasteiger partial charge in [0.1, 0.15) is 6.10 Å². The van der Waals surface area contributed by atoms with Crippen LogP contribution in [0.5, 0.6) is 0 Å². The molecule has 0 aromatic rings. The summed E-state index contributed by atoms with van der Waals surface area (Å²) in [7, 11) is 0. The van der Waals surface area contributed by atoms with Gasteiger partial charge >= 0.3 is 0 Å². The quantitative estimate of drug-likeness (QED) is 0.438. The van der Waals surface area contributed by atoms with E-state index in [4.69, 9.17) is 10.2 Å². The van der Waals surface area contributed by atoms with Crippen molar-refractivity contribution in [2.75, 3.05) is 6.61 Å². The predicted molar refractivity (Wildman–Crippen MR) is 38.7 cm³/mol. The summed E-state index contributed by atoms with van der Waals surface area (Å²) < 4.78 is 0. The third-order valence-electron chi connectivity index (χ3n) is 1.61. The Hall–Kier alpha value is -0.680. The van der Waals surface area contributed by atoms with E-state index < -0.39 is 23.0 Å². The summed E-state index contributed by atoms with van der Waals surface area (Å²) in [6, 6.07) is -1.07. The van der Waals surface area contributed by atoms with E-state index in [0.717, 1.165) is 0 Å². The normalized spacial score (nSPS) is 18.9. The minimum atomic E-state index is -1.07. The number of aliphatic hydroxyl groups is 2. The summed E-state index contributed by atoms with van der Waals surface area (Å²) in [5.74, 6) is -0.509. The molecular weight excluding hydrogens is 150 g/mol. The number of rotatable bonds is 4. The summed E-state index contributed by atoms with van der Waals surface area (Å²) in [6.45, 7) is 2.59. The van der Waals surface area contributed by atoms with Gasteiger partial charge in [-0.25, -0.2) is 0 Å². The van der Waals surface area contributed by atoms with Crippen molar-refractivity contribution in [1.82, 2.24) is 0 Å². The molecule has 0 bridgehead atoms. The van der Waals surface area contributed by atoms with Gasteiger partial charge in [-0.2, -0.15) is 0 Å². The Balaban J connectivity index is 4.21. The first-order valence-electron chi connectivity index (χ1n) is 3.43. The van der Waals surface area contributed by atoms with E-state index in [1.807, 2.05) is 0 Å². The fraction of sp³-hybridized carbons (Fsp3) is 1.00. The maximum absolute atomic E-state index is 10.3. The van der Waals surface area contributed by atoms with Crippen LogP contribution < -0.4 is 0 Å². The average Bonchev–Trinajstić information content (AvgIpc) is 1.85. The molecule has 0 heterocycles. The Labute approximate surface area is 64.8 Å². The van der Waals surface area contributed by atoms with Gasteiger partial charge in [0.2, 0.25) is 6.04 Å². The van der Waals surface area contributed by atoms with E-state index in [-0.39, 0.29) is 6.61 Å². The van der Waals surface area contributed by atoms with Gasteiger partial charge in [-0.1, -0.05) is 6.92 Å². The number of nitrogens with zero attached hydrogens (tertiary/aromatic N) is 1. The molecule has 0 saturated carbocycles. The molecule has 3 unspecified atom stereocenters. The van der Waals surface area contributed by atoms with E-state index in [0.29, 0.717) is 0 Å². The molecule has 0 radical (unpaired) electrons. The summed E-state index contributed by atoms with van der Waals surface area (Å²) in [5.41, 5.74) is 0. The highest BCUT2D eigenvalue weighted by atomic mass is 16.6. The molecule has 0 amide bonds. The van der Waals surface area contributed by atoms with Crippen LogP contribution in [0.25, 0.3) is 0 Å². The van der Waals surface area contributed by atoms with Crippen molar-refractivity contribution in [1.29, 1.82) is 0 Å². The van der Waals surface area contributed by atoms with Gasteiger partial charge in [-0.05, 0) is 6.92 Å². The highest BCUT2D eigenvalue weighted by Gasteiger charge is 2.32. The summed E-state index contributed by atoms with van der Waals surface area (Å²) >= 11 is 0. The number of hydrogen-bond donors (Lipinski definition) is 2. The second-order valence-electron chi connectivity index (χ2n) is 2.68. The minimum absolute atomic E-state index is 0.281. The molecule has 0 aliphatic heterocycles. The van der Waals surface area contributed by atoms with E-state index >= 15 is 0 Å². The van der Waals surface area contributed by atoms with Gasteiger partial charge in [-0.3, -0.25) is 10.1 Å². The van der Waals surface area contributed by atoms with Crippen LogP contribution in [0.3, 0.4) is 0 Å². The third kappa shape index (κ3) is 2.81. The number of aliphatic hydroxyl groups excluding tert-OH is 2. The van der Waals surface area contributed by atoms with Gasteiger partial charge in [0, 0.05) is 10.8 Å². The first-order chi connectivity index (χ1) is 5.00. The lowest BCUT2D eigenvalue weighted by Crippen LogP contribution is -2.38. The van der Waals surface area contributed by atoms with Crippen molar-refractivity contribution >= 4 is 0 Å². The van der Waals surface area contributed by atoms with Crippen molar-refractivity contribution in [2.24, 2.45) is 5.92 Å². The van der Waals surface area contributed by atoms with Gasteiger partial charge < -0.3 is 10.2 Å². The second kappa shape index (κ2) is 4.25. The van der Waals surface area contributed by atoms with Crippen LogP contribution in [0.15, 0.2) is 0 Å². The molecule has 0 fully saturated rings. The summed E-state index contributed by atoms with van der Waals surface area (Å²) in [6.07, 6.45) is -1.02. The zero-order valence-corrected chi connectivity index (χ0v) is 6.60. The smallest absolute Gasteiger partial charge is 0.242 e. The maximum atomic E-state index is 10.3. The summed E-state index contributed by atoms with van der Waals surface area (Å²) in [5, 5.41) is 27.8. The van der Waals surface area contributed by atoms with Crippen LogP contribution in [0.1, 0.15) is 13.8 Å². The second-order valence-corrected chi connectivity index (χ2v) is 2.68. The molecule has 0 aromatic carbocycles. The highest BCUT2D eigenvalue weighted by molar-refractivity contribution is 4.69. The Morgan fingerprint density at radius 2 is 2.00 bits per heavy atom. The van der Waals surface area contributed by atoms with E-state index in [1.165, 1.54) is 13.8 Å². The van der Waals surface area contributed by atoms with Crippen LogP contribution in [0.2, 0.25) is 0 Å². The van der Waals surface area contributed by atoms with Gasteiger partial charge in [0.15, 0.2) is 0 Å². The van der Waals surface area contributed by atoms with Crippen molar-refractivity contribution in [3.63, 3.8) is 0 Å². The fourth-order valence-corrected chi connectivity index (χ4v) is 0.967. The molecule has 5 nitrogen and oxygen atoms in total. The molecular formula is C6H13NO4. The molecule has 0 saturated heterocycles. The lowest BCUT2D eigenvalue weighted by Gasteiger charge is -2.16. The zero-order chi connectivity index (χ0) is 9.02. The van der Waals surface area contributed by atoms with Crippen molar-refractivity contribution in [2.45, 2.75) is 26.0 Å². The van der Waals surface area contributed by atoms with Crippen molar-refractivity contribution in [3.8, 4) is 0 Å². The topological polar surface area (TPSA) is 83.6 Å². The summed E-state index contributed by atoms with van der Waals surface area (Å²) in [4.78, 5) is 9.71. The van der Waals surface area contributed by atoms with E-state index in [9.17, 15) is 10.1 Å².